The van der Waals surface area contributed by atoms with Crippen LogP contribution in [0, 0.1) is 0 Å². The quantitative estimate of drug-likeness (QED) is 0.622. The third-order valence-corrected chi connectivity index (χ3v) is 4.74. The van der Waals surface area contributed by atoms with Crippen LogP contribution in [0.15, 0.2) is 53.7 Å². The van der Waals surface area contributed by atoms with Crippen LogP contribution in [0.2, 0.25) is 0 Å². The van der Waals surface area contributed by atoms with Crippen molar-refractivity contribution < 1.29 is 4.74 Å². The molecule has 3 aromatic heterocycles. The average molecular weight is 336 g/mol. The molecule has 4 rings (SSSR count). The molecular weight excluding hydrogens is 324 g/mol. The summed E-state index contributed by atoms with van der Waals surface area (Å²) in [6.07, 6.45) is 4.71. The maximum absolute atomic E-state index is 12.4. The number of aromatic nitrogens is 4. The average Bonchev–Trinajstić information content (AvgIpc) is 3.07. The van der Waals surface area contributed by atoms with Gasteiger partial charge in [0.1, 0.15) is 16.1 Å². The molecule has 0 radical (unpaired) electrons. The van der Waals surface area contributed by atoms with Gasteiger partial charge in [0.05, 0.1) is 18.8 Å². The van der Waals surface area contributed by atoms with Crippen molar-refractivity contribution in [3.05, 3.63) is 59.3 Å². The first-order valence-corrected chi connectivity index (χ1v) is 8.01. The van der Waals surface area contributed by atoms with E-state index in [2.05, 4.69) is 19.9 Å². The number of hydrogen-bond donors (Lipinski definition) is 1. The molecule has 0 aliphatic carbocycles. The SMILES string of the molecule is COc1ccc(-c2cc3nc(-c4cnccn4)[nH]c(=O)c3s2)cc1. The summed E-state index contributed by atoms with van der Waals surface area (Å²) in [5.74, 6) is 1.21. The Morgan fingerprint density at radius 1 is 1.17 bits per heavy atom. The van der Waals surface area contributed by atoms with Crippen LogP contribution in [0.3, 0.4) is 0 Å². The highest BCUT2D eigenvalue weighted by atomic mass is 32.1. The van der Waals surface area contributed by atoms with Gasteiger partial charge in [-0.1, -0.05) is 0 Å². The van der Waals surface area contributed by atoms with Crippen molar-refractivity contribution in [3.63, 3.8) is 0 Å². The smallest absolute Gasteiger partial charge is 0.269 e. The summed E-state index contributed by atoms with van der Waals surface area (Å²) in [6, 6.07) is 9.62. The van der Waals surface area contributed by atoms with E-state index >= 15 is 0 Å². The largest absolute Gasteiger partial charge is 0.497 e. The number of fused-ring (bicyclic) bond motifs is 1. The zero-order valence-electron chi connectivity index (χ0n) is 12.7. The molecule has 118 valence electrons. The van der Waals surface area contributed by atoms with Gasteiger partial charge in [-0.05, 0) is 35.9 Å². The van der Waals surface area contributed by atoms with Crippen molar-refractivity contribution >= 4 is 21.6 Å². The van der Waals surface area contributed by atoms with Gasteiger partial charge in [0.2, 0.25) is 0 Å². The lowest BCUT2D eigenvalue weighted by atomic mass is 10.2. The first-order chi connectivity index (χ1) is 11.7. The van der Waals surface area contributed by atoms with Crippen molar-refractivity contribution in [2.24, 2.45) is 0 Å². The summed E-state index contributed by atoms with van der Waals surface area (Å²) in [5, 5.41) is 0. The third kappa shape index (κ3) is 2.55. The summed E-state index contributed by atoms with van der Waals surface area (Å²) >= 11 is 1.41. The van der Waals surface area contributed by atoms with Crippen LogP contribution in [0.5, 0.6) is 5.75 Å². The topological polar surface area (TPSA) is 80.8 Å². The molecule has 0 aliphatic heterocycles. The maximum Gasteiger partial charge on any atom is 0.269 e. The fraction of sp³-hybridized carbons (Fsp3) is 0.0588. The molecule has 0 fully saturated rings. The lowest BCUT2D eigenvalue weighted by Gasteiger charge is -2.00. The van der Waals surface area contributed by atoms with Crippen LogP contribution in [0.4, 0.5) is 0 Å². The Bertz CT molecular complexity index is 1060. The fourth-order valence-corrected chi connectivity index (χ4v) is 3.38. The molecule has 1 aromatic carbocycles. The molecular formula is C17H12N4O2S. The van der Waals surface area contributed by atoms with Gasteiger partial charge in [0.25, 0.3) is 5.56 Å². The Kier molecular flexibility index (Phi) is 3.55. The fourth-order valence-electron chi connectivity index (χ4n) is 2.38. The predicted molar refractivity (Wildman–Crippen MR) is 93.3 cm³/mol. The van der Waals surface area contributed by atoms with Gasteiger partial charge in [0.15, 0.2) is 5.82 Å². The minimum absolute atomic E-state index is 0.176. The van der Waals surface area contributed by atoms with E-state index in [1.54, 1.807) is 25.7 Å². The van der Waals surface area contributed by atoms with Gasteiger partial charge in [-0.3, -0.25) is 9.78 Å². The second-order valence-corrected chi connectivity index (χ2v) is 6.11. The number of thiophene rings is 1. The Balaban J connectivity index is 1.83. The molecule has 3 heterocycles. The Labute approximate surface area is 140 Å². The van der Waals surface area contributed by atoms with Crippen molar-refractivity contribution in [2.45, 2.75) is 0 Å². The molecule has 0 atom stereocenters. The number of methoxy groups -OCH3 is 1. The highest BCUT2D eigenvalue weighted by Crippen LogP contribution is 2.32. The Morgan fingerprint density at radius 2 is 2.00 bits per heavy atom. The standard InChI is InChI=1S/C17H12N4O2S/c1-23-11-4-2-10(3-5-11)14-8-12-15(24-14)17(22)21-16(20-12)13-9-18-6-7-19-13/h2-9H,1H3,(H,20,21,22). The summed E-state index contributed by atoms with van der Waals surface area (Å²) in [5.41, 5.74) is 2.02. The van der Waals surface area contributed by atoms with Crippen molar-refractivity contribution in [2.75, 3.05) is 7.11 Å². The number of aromatic amines is 1. The van der Waals surface area contributed by atoms with Crippen molar-refractivity contribution in [1.29, 1.82) is 0 Å². The number of nitrogens with zero attached hydrogens (tertiary/aromatic N) is 3. The number of hydrogen-bond acceptors (Lipinski definition) is 6. The van der Waals surface area contributed by atoms with Crippen molar-refractivity contribution in [3.8, 4) is 27.7 Å². The van der Waals surface area contributed by atoms with E-state index in [1.165, 1.54) is 11.3 Å². The Morgan fingerprint density at radius 3 is 2.71 bits per heavy atom. The molecule has 0 saturated carbocycles. The zero-order valence-corrected chi connectivity index (χ0v) is 13.5. The van der Waals surface area contributed by atoms with Gasteiger partial charge in [-0.25, -0.2) is 9.97 Å². The Hall–Kier alpha value is -3.06. The van der Waals surface area contributed by atoms with Gasteiger partial charge < -0.3 is 9.72 Å². The highest BCUT2D eigenvalue weighted by molar-refractivity contribution is 7.22. The summed E-state index contributed by atoms with van der Waals surface area (Å²) in [7, 11) is 1.63. The third-order valence-electron chi connectivity index (χ3n) is 3.56. The van der Waals surface area contributed by atoms with Crippen molar-refractivity contribution in [1.82, 2.24) is 19.9 Å². The summed E-state index contributed by atoms with van der Waals surface area (Å²) < 4.78 is 5.76. The van der Waals surface area contributed by atoms with Crippen LogP contribution >= 0.6 is 11.3 Å². The van der Waals surface area contributed by atoms with E-state index < -0.39 is 0 Å². The number of H-pyrrole nitrogens is 1. The van der Waals surface area contributed by atoms with Gasteiger partial charge in [0, 0.05) is 17.3 Å². The van der Waals surface area contributed by atoms with E-state index in [4.69, 9.17) is 4.74 Å². The van der Waals surface area contributed by atoms with E-state index in [0.29, 0.717) is 21.7 Å². The van der Waals surface area contributed by atoms with E-state index in [0.717, 1.165) is 16.2 Å². The first kappa shape index (κ1) is 14.5. The maximum atomic E-state index is 12.4. The molecule has 1 N–H and O–H groups in total. The van der Waals surface area contributed by atoms with Gasteiger partial charge in [-0.2, -0.15) is 0 Å². The first-order valence-electron chi connectivity index (χ1n) is 7.19. The minimum Gasteiger partial charge on any atom is -0.497 e. The number of nitrogens with one attached hydrogen (secondary N) is 1. The zero-order chi connectivity index (χ0) is 16.5. The number of ether oxygens (including phenoxy) is 1. The monoisotopic (exact) mass is 336 g/mol. The van der Waals surface area contributed by atoms with E-state index in [1.807, 2.05) is 30.3 Å². The molecule has 0 amide bonds. The lowest BCUT2D eigenvalue weighted by molar-refractivity contribution is 0.415. The number of benzene rings is 1. The van der Waals surface area contributed by atoms with Crippen LogP contribution in [0.25, 0.3) is 32.2 Å². The molecule has 0 aliphatic rings. The van der Waals surface area contributed by atoms with Gasteiger partial charge >= 0.3 is 0 Å². The normalized spacial score (nSPS) is 10.9. The second kappa shape index (κ2) is 5.86. The number of rotatable bonds is 3. The van der Waals surface area contributed by atoms with E-state index in [9.17, 15) is 4.79 Å². The molecule has 0 saturated heterocycles. The predicted octanol–water partition coefficient (Wildman–Crippen LogP) is 3.12. The highest BCUT2D eigenvalue weighted by Gasteiger charge is 2.12. The lowest BCUT2D eigenvalue weighted by Crippen LogP contribution is -2.08. The molecule has 0 spiro atoms. The second-order valence-electron chi connectivity index (χ2n) is 5.06. The van der Waals surface area contributed by atoms with E-state index in [-0.39, 0.29) is 5.56 Å². The van der Waals surface area contributed by atoms with Crippen LogP contribution < -0.4 is 10.3 Å². The van der Waals surface area contributed by atoms with Crippen LogP contribution in [0.1, 0.15) is 0 Å². The molecule has 24 heavy (non-hydrogen) atoms. The van der Waals surface area contributed by atoms with Crippen LogP contribution in [-0.4, -0.2) is 27.0 Å². The summed E-state index contributed by atoms with van der Waals surface area (Å²) in [4.78, 5) is 28.8. The van der Waals surface area contributed by atoms with Crippen LogP contribution in [-0.2, 0) is 0 Å². The molecule has 0 unspecified atom stereocenters. The van der Waals surface area contributed by atoms with Gasteiger partial charge in [-0.15, -0.1) is 11.3 Å². The molecule has 6 nitrogen and oxygen atoms in total. The summed E-state index contributed by atoms with van der Waals surface area (Å²) in [6.45, 7) is 0. The molecule has 0 bridgehead atoms. The molecule has 7 heteroatoms. The minimum atomic E-state index is -0.176. The molecule has 4 aromatic rings.